The zero-order chi connectivity index (χ0) is 18.9. The molecule has 138 valence electrons. The first kappa shape index (κ1) is 18.4. The Hall–Kier alpha value is -2.43. The monoisotopic (exact) mass is 355 g/mol. The number of fused-ring (bicyclic) bond motifs is 1. The third kappa shape index (κ3) is 3.43. The molecule has 2 aliphatic rings. The molecule has 2 amide bonds. The lowest BCUT2D eigenvalue weighted by Gasteiger charge is -2.40. The van der Waals surface area contributed by atoms with Gasteiger partial charge < -0.3 is 4.74 Å². The second-order valence-corrected chi connectivity index (χ2v) is 8.08. The number of allylic oxidation sites excluding steroid dienone is 1. The highest BCUT2D eigenvalue weighted by molar-refractivity contribution is 6.21. The Morgan fingerprint density at radius 2 is 1.69 bits per heavy atom. The van der Waals surface area contributed by atoms with Gasteiger partial charge >= 0.3 is 5.97 Å². The van der Waals surface area contributed by atoms with Crippen LogP contribution in [0.3, 0.4) is 0 Å². The van der Waals surface area contributed by atoms with Gasteiger partial charge in [-0.2, -0.15) is 0 Å². The molecule has 1 saturated carbocycles. The SMILES string of the molecule is CC(C)(C)OC(=O)C1(C/C=C/CN2C(=O)c3ccccc3C2=O)CCC1. The Kier molecular flexibility index (Phi) is 4.74. The molecule has 1 aliphatic heterocycles. The molecule has 1 aliphatic carbocycles. The van der Waals surface area contributed by atoms with E-state index < -0.39 is 11.0 Å². The molecule has 0 N–H and O–H groups in total. The van der Waals surface area contributed by atoms with Crippen molar-refractivity contribution in [3.8, 4) is 0 Å². The van der Waals surface area contributed by atoms with Crippen LogP contribution in [0.2, 0.25) is 0 Å². The second-order valence-electron chi connectivity index (χ2n) is 8.08. The maximum atomic E-state index is 12.5. The van der Waals surface area contributed by atoms with Crippen LogP contribution in [0.4, 0.5) is 0 Å². The molecule has 0 bridgehead atoms. The van der Waals surface area contributed by atoms with E-state index in [2.05, 4.69) is 0 Å². The fourth-order valence-corrected chi connectivity index (χ4v) is 3.38. The normalized spacial score (nSPS) is 18.8. The molecular weight excluding hydrogens is 330 g/mol. The Morgan fingerprint density at radius 3 is 2.15 bits per heavy atom. The van der Waals surface area contributed by atoms with Crippen LogP contribution in [-0.4, -0.2) is 34.8 Å². The van der Waals surface area contributed by atoms with Crippen LogP contribution < -0.4 is 0 Å². The summed E-state index contributed by atoms with van der Waals surface area (Å²) >= 11 is 0. The van der Waals surface area contributed by atoms with Crippen molar-refractivity contribution in [2.45, 2.75) is 52.1 Å². The van der Waals surface area contributed by atoms with E-state index in [0.29, 0.717) is 17.5 Å². The van der Waals surface area contributed by atoms with Gasteiger partial charge in [0.1, 0.15) is 5.60 Å². The molecule has 0 saturated heterocycles. The molecule has 26 heavy (non-hydrogen) atoms. The summed E-state index contributed by atoms with van der Waals surface area (Å²) < 4.78 is 5.56. The van der Waals surface area contributed by atoms with Gasteiger partial charge in [0.2, 0.25) is 0 Å². The van der Waals surface area contributed by atoms with Gasteiger partial charge in [0.15, 0.2) is 0 Å². The van der Waals surface area contributed by atoms with Crippen LogP contribution in [0.15, 0.2) is 36.4 Å². The van der Waals surface area contributed by atoms with Crippen molar-refractivity contribution in [1.29, 1.82) is 0 Å². The minimum absolute atomic E-state index is 0.151. The van der Waals surface area contributed by atoms with Crippen LogP contribution in [0.25, 0.3) is 0 Å². The van der Waals surface area contributed by atoms with E-state index in [0.717, 1.165) is 19.3 Å². The number of esters is 1. The fourth-order valence-electron chi connectivity index (χ4n) is 3.38. The summed E-state index contributed by atoms with van der Waals surface area (Å²) in [5, 5.41) is 0. The lowest BCUT2D eigenvalue weighted by Crippen LogP contribution is -2.42. The van der Waals surface area contributed by atoms with Crippen LogP contribution in [0.1, 0.15) is 67.2 Å². The Bertz CT molecular complexity index is 733. The van der Waals surface area contributed by atoms with Gasteiger partial charge in [-0.25, -0.2) is 0 Å². The number of hydrogen-bond donors (Lipinski definition) is 0. The molecule has 0 atom stereocenters. The Labute approximate surface area is 154 Å². The average molecular weight is 355 g/mol. The van der Waals surface area contributed by atoms with Crippen LogP contribution in [0.5, 0.6) is 0 Å². The highest BCUT2D eigenvalue weighted by atomic mass is 16.6. The van der Waals surface area contributed by atoms with E-state index in [1.807, 2.05) is 26.8 Å². The lowest BCUT2D eigenvalue weighted by molar-refractivity contribution is -0.173. The number of imide groups is 1. The minimum atomic E-state index is -0.496. The quantitative estimate of drug-likeness (QED) is 0.458. The number of carbonyl (C=O) groups excluding carboxylic acids is 3. The van der Waals surface area contributed by atoms with E-state index in [1.165, 1.54) is 4.90 Å². The van der Waals surface area contributed by atoms with E-state index in [4.69, 9.17) is 4.74 Å². The third-order valence-electron chi connectivity index (χ3n) is 4.98. The highest BCUT2D eigenvalue weighted by Gasteiger charge is 2.45. The molecule has 0 radical (unpaired) electrons. The topological polar surface area (TPSA) is 63.7 Å². The second kappa shape index (κ2) is 6.71. The number of benzene rings is 1. The molecule has 3 rings (SSSR count). The van der Waals surface area contributed by atoms with Gasteiger partial charge in [-0.15, -0.1) is 0 Å². The van der Waals surface area contributed by atoms with Crippen molar-refractivity contribution in [1.82, 2.24) is 4.90 Å². The summed E-state index contributed by atoms with van der Waals surface area (Å²) in [5.74, 6) is -0.678. The van der Waals surface area contributed by atoms with Crippen molar-refractivity contribution in [3.05, 3.63) is 47.5 Å². The Morgan fingerprint density at radius 1 is 1.12 bits per heavy atom. The number of rotatable bonds is 5. The summed E-state index contributed by atoms with van der Waals surface area (Å²) in [5.41, 5.74) is -0.0415. The van der Waals surface area contributed by atoms with Crippen molar-refractivity contribution in [3.63, 3.8) is 0 Å². The number of carbonyl (C=O) groups is 3. The van der Waals surface area contributed by atoms with E-state index in [-0.39, 0.29) is 24.3 Å². The van der Waals surface area contributed by atoms with Gasteiger partial charge in [-0.3, -0.25) is 19.3 Å². The third-order valence-corrected chi connectivity index (χ3v) is 4.98. The number of amides is 2. The summed E-state index contributed by atoms with van der Waals surface area (Å²) in [6.45, 7) is 5.83. The smallest absolute Gasteiger partial charge is 0.312 e. The first-order chi connectivity index (χ1) is 12.2. The van der Waals surface area contributed by atoms with Gasteiger partial charge in [-0.05, 0) is 52.2 Å². The predicted octanol–water partition coefficient (Wildman–Crippen LogP) is 3.74. The summed E-state index contributed by atoms with van der Waals surface area (Å²) in [7, 11) is 0. The number of ether oxygens (including phenoxy) is 1. The molecule has 0 aromatic heterocycles. The average Bonchev–Trinajstić information content (AvgIpc) is 2.76. The maximum absolute atomic E-state index is 12.5. The molecule has 0 unspecified atom stereocenters. The van der Waals surface area contributed by atoms with Crippen LogP contribution >= 0.6 is 0 Å². The molecule has 0 spiro atoms. The van der Waals surface area contributed by atoms with Crippen molar-refractivity contribution in [2.24, 2.45) is 5.41 Å². The van der Waals surface area contributed by atoms with Gasteiger partial charge in [0, 0.05) is 6.54 Å². The van der Waals surface area contributed by atoms with Crippen LogP contribution in [-0.2, 0) is 9.53 Å². The molecular formula is C21H25NO4. The minimum Gasteiger partial charge on any atom is -0.460 e. The van der Waals surface area contributed by atoms with E-state index in [9.17, 15) is 14.4 Å². The fraction of sp³-hybridized carbons (Fsp3) is 0.476. The van der Waals surface area contributed by atoms with Crippen molar-refractivity contribution >= 4 is 17.8 Å². The maximum Gasteiger partial charge on any atom is 0.312 e. The molecule has 5 nitrogen and oxygen atoms in total. The lowest BCUT2D eigenvalue weighted by atomic mass is 9.66. The molecule has 1 aromatic carbocycles. The summed E-state index contributed by atoms with van der Waals surface area (Å²) in [4.78, 5) is 38.4. The zero-order valence-corrected chi connectivity index (χ0v) is 15.6. The molecule has 1 aromatic rings. The summed E-state index contributed by atoms with van der Waals surface area (Å²) in [6.07, 6.45) is 6.92. The predicted molar refractivity (Wildman–Crippen MR) is 97.7 cm³/mol. The van der Waals surface area contributed by atoms with E-state index >= 15 is 0 Å². The summed E-state index contributed by atoms with van der Waals surface area (Å²) in [6, 6.07) is 6.85. The largest absolute Gasteiger partial charge is 0.460 e. The van der Waals surface area contributed by atoms with Gasteiger partial charge in [0.05, 0.1) is 16.5 Å². The molecule has 1 fully saturated rings. The number of hydrogen-bond acceptors (Lipinski definition) is 4. The highest BCUT2D eigenvalue weighted by Crippen LogP contribution is 2.46. The standard InChI is InChI=1S/C21H25NO4/c1-20(2,3)26-19(25)21(12-8-13-21)11-6-7-14-22-17(23)15-9-4-5-10-16(15)18(22)24/h4-7,9-10H,8,11-14H2,1-3H3/b7-6+. The molecule has 5 heteroatoms. The zero-order valence-electron chi connectivity index (χ0n) is 15.6. The number of nitrogens with zero attached hydrogens (tertiary/aromatic N) is 1. The first-order valence-electron chi connectivity index (χ1n) is 9.07. The van der Waals surface area contributed by atoms with Gasteiger partial charge in [0.25, 0.3) is 11.8 Å². The van der Waals surface area contributed by atoms with Gasteiger partial charge in [-0.1, -0.05) is 30.7 Å². The van der Waals surface area contributed by atoms with Crippen molar-refractivity contribution < 1.29 is 19.1 Å². The van der Waals surface area contributed by atoms with Crippen LogP contribution in [0, 0.1) is 5.41 Å². The molecule has 1 heterocycles. The first-order valence-corrected chi connectivity index (χ1v) is 9.07. The Balaban J connectivity index is 1.60. The van der Waals surface area contributed by atoms with Crippen molar-refractivity contribution in [2.75, 3.05) is 6.54 Å². The van der Waals surface area contributed by atoms with E-state index in [1.54, 1.807) is 30.3 Å².